The average molecular weight is 253 g/mol. The lowest BCUT2D eigenvalue weighted by atomic mass is 10.3. The monoisotopic (exact) mass is 253 g/mol. The second kappa shape index (κ2) is 6.85. The van der Waals surface area contributed by atoms with E-state index < -0.39 is 5.97 Å². The summed E-state index contributed by atoms with van der Waals surface area (Å²) in [6.07, 6.45) is 1.34. The molecule has 1 aromatic rings. The Hall–Kier alpha value is -1.62. The zero-order valence-electron chi connectivity index (χ0n) is 9.80. The van der Waals surface area contributed by atoms with Gasteiger partial charge in [0.25, 0.3) is 0 Å². The van der Waals surface area contributed by atoms with Crippen LogP contribution in [0.1, 0.15) is 6.92 Å². The predicted octanol–water partition coefficient (Wildman–Crippen LogP) is 2.45. The predicted molar refractivity (Wildman–Crippen MR) is 69.0 cm³/mol. The van der Waals surface area contributed by atoms with Gasteiger partial charge >= 0.3 is 5.97 Å². The molecule has 0 saturated carbocycles. The molecule has 0 saturated heterocycles. The minimum atomic E-state index is -0.392. The number of benzene rings is 1. The summed E-state index contributed by atoms with van der Waals surface area (Å²) in [5.74, 6) is 0.368. The van der Waals surface area contributed by atoms with Gasteiger partial charge in [0.2, 0.25) is 0 Å². The summed E-state index contributed by atoms with van der Waals surface area (Å²) in [4.78, 5) is 11.7. The van der Waals surface area contributed by atoms with Gasteiger partial charge in [0, 0.05) is 16.7 Å². The van der Waals surface area contributed by atoms with Gasteiger partial charge in [0.1, 0.15) is 5.75 Å². The van der Waals surface area contributed by atoms with Gasteiger partial charge in [0.15, 0.2) is 0 Å². The number of thioether (sulfide) groups is 1. The molecule has 0 bridgehead atoms. The Balaban J connectivity index is 2.72. The highest BCUT2D eigenvalue weighted by Crippen LogP contribution is 2.29. The van der Waals surface area contributed by atoms with E-state index in [0.29, 0.717) is 12.3 Å². The third kappa shape index (κ3) is 4.40. The second-order valence-electron chi connectivity index (χ2n) is 3.08. The van der Waals surface area contributed by atoms with Crippen LogP contribution >= 0.6 is 11.8 Å². The molecule has 0 amide bonds. The maximum absolute atomic E-state index is 10.9. The minimum Gasteiger partial charge on any atom is -0.494 e. The summed E-state index contributed by atoms with van der Waals surface area (Å²) < 4.78 is 9.85. The van der Waals surface area contributed by atoms with Crippen molar-refractivity contribution in [2.24, 2.45) is 0 Å². The van der Waals surface area contributed by atoms with Crippen molar-refractivity contribution in [3.8, 4) is 5.75 Å². The van der Waals surface area contributed by atoms with Gasteiger partial charge in [-0.25, -0.2) is 4.79 Å². The molecule has 0 radical (unpaired) electrons. The number of rotatable bonds is 5. The third-order valence-electron chi connectivity index (χ3n) is 1.90. The van der Waals surface area contributed by atoms with Crippen molar-refractivity contribution in [3.05, 3.63) is 29.7 Å². The second-order valence-corrected chi connectivity index (χ2v) is 4.02. The number of hydrogen-bond donors (Lipinski definition) is 1. The van der Waals surface area contributed by atoms with Gasteiger partial charge in [0.05, 0.1) is 13.7 Å². The average Bonchev–Trinajstić information content (AvgIpc) is 2.33. The zero-order chi connectivity index (χ0) is 12.7. The van der Waals surface area contributed by atoms with Crippen LogP contribution in [-0.2, 0) is 9.53 Å². The van der Waals surface area contributed by atoms with E-state index >= 15 is 0 Å². The molecule has 2 N–H and O–H groups in total. The summed E-state index contributed by atoms with van der Waals surface area (Å²) in [6, 6.07) is 5.43. The molecule has 1 aromatic carbocycles. The summed E-state index contributed by atoms with van der Waals surface area (Å²) in [5.41, 5.74) is 6.45. The fourth-order valence-corrected chi connectivity index (χ4v) is 1.82. The number of hydrogen-bond acceptors (Lipinski definition) is 5. The quantitative estimate of drug-likeness (QED) is 0.378. The lowest BCUT2D eigenvalue weighted by Crippen LogP contribution is -1.94. The molecule has 0 heterocycles. The fourth-order valence-electron chi connectivity index (χ4n) is 1.10. The molecule has 0 spiro atoms. The molecule has 0 fully saturated rings. The van der Waals surface area contributed by atoms with E-state index in [1.807, 2.05) is 19.1 Å². The number of nitrogens with two attached hydrogens (primary N) is 1. The van der Waals surface area contributed by atoms with Gasteiger partial charge < -0.3 is 15.2 Å². The lowest BCUT2D eigenvalue weighted by molar-refractivity contribution is -0.134. The molecule has 0 unspecified atom stereocenters. The minimum absolute atomic E-state index is 0.392. The molecule has 0 aliphatic heterocycles. The molecule has 0 aromatic heterocycles. The molecule has 0 aliphatic rings. The normalized spacial score (nSPS) is 10.5. The van der Waals surface area contributed by atoms with Crippen LogP contribution in [-0.4, -0.2) is 19.7 Å². The number of carbonyl (C=O) groups excluding carboxylic acids is 1. The van der Waals surface area contributed by atoms with Gasteiger partial charge in [-0.15, -0.1) is 0 Å². The Morgan fingerprint density at radius 2 is 2.29 bits per heavy atom. The van der Waals surface area contributed by atoms with Crippen molar-refractivity contribution < 1.29 is 14.3 Å². The van der Waals surface area contributed by atoms with Crippen molar-refractivity contribution in [1.29, 1.82) is 0 Å². The summed E-state index contributed by atoms with van der Waals surface area (Å²) >= 11 is 1.34. The van der Waals surface area contributed by atoms with Crippen LogP contribution in [0.4, 0.5) is 5.69 Å². The number of carbonyl (C=O) groups is 1. The first-order valence-corrected chi connectivity index (χ1v) is 5.98. The first kappa shape index (κ1) is 13.4. The number of nitrogen functional groups attached to an aromatic ring is 1. The smallest absolute Gasteiger partial charge is 0.330 e. The third-order valence-corrected chi connectivity index (χ3v) is 2.78. The molecule has 5 heteroatoms. The number of anilines is 1. The maximum atomic E-state index is 10.9. The first-order valence-electron chi connectivity index (χ1n) is 5.10. The molecule has 0 atom stereocenters. The van der Waals surface area contributed by atoms with Crippen LogP contribution in [0, 0.1) is 0 Å². The van der Waals surface area contributed by atoms with Crippen LogP contribution in [0.3, 0.4) is 0 Å². The summed E-state index contributed by atoms with van der Waals surface area (Å²) in [5, 5.41) is 1.63. The largest absolute Gasteiger partial charge is 0.494 e. The van der Waals surface area contributed by atoms with Gasteiger partial charge in [-0.05, 0) is 30.5 Å². The van der Waals surface area contributed by atoms with E-state index in [1.54, 1.807) is 11.5 Å². The molecule has 92 valence electrons. The molecular weight excluding hydrogens is 238 g/mol. The fraction of sp³-hybridized carbons (Fsp3) is 0.250. The topological polar surface area (TPSA) is 61.5 Å². The van der Waals surface area contributed by atoms with E-state index in [9.17, 15) is 4.79 Å². The van der Waals surface area contributed by atoms with Crippen LogP contribution < -0.4 is 10.5 Å². The van der Waals surface area contributed by atoms with Crippen LogP contribution in [0.2, 0.25) is 0 Å². The Morgan fingerprint density at radius 3 is 2.94 bits per heavy atom. The Morgan fingerprint density at radius 1 is 1.53 bits per heavy atom. The molecule has 17 heavy (non-hydrogen) atoms. The van der Waals surface area contributed by atoms with E-state index in [4.69, 9.17) is 10.5 Å². The van der Waals surface area contributed by atoms with Crippen molar-refractivity contribution in [2.75, 3.05) is 19.5 Å². The van der Waals surface area contributed by atoms with Crippen LogP contribution in [0.5, 0.6) is 5.75 Å². The van der Waals surface area contributed by atoms with E-state index in [2.05, 4.69) is 4.74 Å². The molecular formula is C12H15NO3S. The van der Waals surface area contributed by atoms with E-state index in [0.717, 1.165) is 10.6 Å². The zero-order valence-corrected chi connectivity index (χ0v) is 10.6. The molecule has 4 nitrogen and oxygen atoms in total. The number of ether oxygens (including phenoxy) is 2. The van der Waals surface area contributed by atoms with Gasteiger partial charge in [-0.1, -0.05) is 11.8 Å². The van der Waals surface area contributed by atoms with Crippen molar-refractivity contribution in [3.63, 3.8) is 0 Å². The standard InChI is InChI=1S/C12H15NO3S/c1-3-16-9-4-5-10(13)11(8-9)17-7-6-12(14)15-2/h4-8H,3,13H2,1-2H3. The lowest BCUT2D eigenvalue weighted by Gasteiger charge is -2.06. The summed E-state index contributed by atoms with van der Waals surface area (Å²) in [7, 11) is 1.33. The van der Waals surface area contributed by atoms with E-state index in [1.165, 1.54) is 24.9 Å². The Bertz CT molecular complexity index is 418. The first-order chi connectivity index (χ1) is 8.17. The van der Waals surface area contributed by atoms with Gasteiger partial charge in [-0.2, -0.15) is 0 Å². The number of methoxy groups -OCH3 is 1. The molecule has 1 rings (SSSR count). The SMILES string of the molecule is CCOc1ccc(N)c(SC=CC(=O)OC)c1. The maximum Gasteiger partial charge on any atom is 0.330 e. The highest BCUT2D eigenvalue weighted by atomic mass is 32.2. The highest BCUT2D eigenvalue weighted by Gasteiger charge is 2.01. The van der Waals surface area contributed by atoms with Crippen molar-refractivity contribution >= 4 is 23.4 Å². The van der Waals surface area contributed by atoms with Crippen molar-refractivity contribution in [1.82, 2.24) is 0 Å². The van der Waals surface area contributed by atoms with Crippen molar-refractivity contribution in [2.45, 2.75) is 11.8 Å². The van der Waals surface area contributed by atoms with Crippen LogP contribution in [0.25, 0.3) is 0 Å². The summed E-state index contributed by atoms with van der Waals surface area (Å²) in [6.45, 7) is 2.52. The van der Waals surface area contributed by atoms with E-state index in [-0.39, 0.29) is 0 Å². The highest BCUT2D eigenvalue weighted by molar-refractivity contribution is 8.02. The Labute approximate surface area is 105 Å². The molecule has 0 aliphatic carbocycles. The van der Waals surface area contributed by atoms with Crippen LogP contribution in [0.15, 0.2) is 34.6 Å². The Kier molecular flexibility index (Phi) is 5.42. The number of esters is 1. The van der Waals surface area contributed by atoms with Gasteiger partial charge in [-0.3, -0.25) is 0 Å².